The fraction of sp³-hybridized carbons (Fsp3) is 0.476. The number of aromatic nitrogens is 2. The lowest BCUT2D eigenvalue weighted by atomic mass is 10.2. The second-order valence-electron chi connectivity index (χ2n) is 7.05. The van der Waals surface area contributed by atoms with Crippen molar-refractivity contribution in [3.8, 4) is 11.6 Å². The molecule has 156 valence electrons. The zero-order valence-electron chi connectivity index (χ0n) is 17.5. The van der Waals surface area contributed by atoms with Crippen molar-refractivity contribution >= 4 is 17.5 Å². The monoisotopic (exact) mass is 399 g/mol. The van der Waals surface area contributed by atoms with E-state index in [1.54, 1.807) is 13.3 Å². The third-order valence-corrected chi connectivity index (χ3v) is 5.17. The van der Waals surface area contributed by atoms with Crippen LogP contribution in [0.1, 0.15) is 30.6 Å². The van der Waals surface area contributed by atoms with Gasteiger partial charge in [0.05, 0.1) is 14.2 Å². The van der Waals surface area contributed by atoms with Gasteiger partial charge >= 0.3 is 0 Å². The average molecular weight is 399 g/mol. The fourth-order valence-electron chi connectivity index (χ4n) is 3.18. The maximum atomic E-state index is 12.4. The molecular weight excluding hydrogens is 370 g/mol. The van der Waals surface area contributed by atoms with Crippen LogP contribution in [0.25, 0.3) is 0 Å². The number of piperazine rings is 1. The van der Waals surface area contributed by atoms with Crippen LogP contribution in [0.4, 0.5) is 11.6 Å². The van der Waals surface area contributed by atoms with E-state index in [1.807, 2.05) is 26.0 Å². The molecule has 1 fully saturated rings. The van der Waals surface area contributed by atoms with Gasteiger partial charge in [-0.05, 0) is 37.6 Å². The lowest BCUT2D eigenvalue weighted by Gasteiger charge is -2.36. The van der Waals surface area contributed by atoms with Crippen molar-refractivity contribution in [2.75, 3.05) is 50.2 Å². The average Bonchev–Trinajstić information content (AvgIpc) is 2.78. The lowest BCUT2D eigenvalue weighted by Crippen LogP contribution is -2.47. The summed E-state index contributed by atoms with van der Waals surface area (Å²) in [5, 5.41) is 2.92. The summed E-state index contributed by atoms with van der Waals surface area (Å²) in [5.41, 5.74) is 1.52. The molecule has 0 radical (unpaired) electrons. The van der Waals surface area contributed by atoms with Crippen LogP contribution in [0, 0.1) is 0 Å². The highest BCUT2D eigenvalue weighted by Gasteiger charge is 2.22. The molecule has 1 N–H and O–H groups in total. The molecule has 3 rings (SSSR count). The highest BCUT2D eigenvalue weighted by Crippen LogP contribution is 2.23. The summed E-state index contributed by atoms with van der Waals surface area (Å²) in [6.45, 7) is 7.26. The number of rotatable bonds is 7. The Kier molecular flexibility index (Phi) is 6.74. The predicted octanol–water partition coefficient (Wildman–Crippen LogP) is 2.35. The standard InChI is InChI=1S/C21H29N5O3/c1-5-15(2)23-19(27)18-14-22-21(24-20(18)29-4)26-12-10-25(11-13-26)16-6-8-17(28-3)9-7-16/h6-9,14-15H,5,10-13H2,1-4H3,(H,23,27). The molecule has 0 saturated carbocycles. The summed E-state index contributed by atoms with van der Waals surface area (Å²) in [6.07, 6.45) is 2.40. The molecule has 2 heterocycles. The van der Waals surface area contributed by atoms with Gasteiger partial charge in [0.25, 0.3) is 5.91 Å². The van der Waals surface area contributed by atoms with Crippen LogP contribution < -0.4 is 24.6 Å². The van der Waals surface area contributed by atoms with Gasteiger partial charge in [0, 0.05) is 44.1 Å². The van der Waals surface area contributed by atoms with Gasteiger partial charge in [-0.3, -0.25) is 4.79 Å². The van der Waals surface area contributed by atoms with E-state index in [9.17, 15) is 4.79 Å². The van der Waals surface area contributed by atoms with Gasteiger partial charge in [-0.15, -0.1) is 0 Å². The number of benzene rings is 1. The van der Waals surface area contributed by atoms with E-state index in [0.29, 0.717) is 17.4 Å². The van der Waals surface area contributed by atoms with Crippen LogP contribution in [0.2, 0.25) is 0 Å². The van der Waals surface area contributed by atoms with E-state index in [4.69, 9.17) is 9.47 Å². The fourth-order valence-corrected chi connectivity index (χ4v) is 3.18. The van der Waals surface area contributed by atoms with E-state index in [1.165, 1.54) is 12.8 Å². The van der Waals surface area contributed by atoms with Gasteiger partial charge in [0.2, 0.25) is 11.8 Å². The first-order chi connectivity index (χ1) is 14.0. The molecule has 0 bridgehead atoms. The molecule has 1 saturated heterocycles. The van der Waals surface area contributed by atoms with E-state index in [2.05, 4.69) is 37.2 Å². The summed E-state index contributed by atoms with van der Waals surface area (Å²) in [6, 6.07) is 8.16. The predicted molar refractivity (Wildman–Crippen MR) is 113 cm³/mol. The largest absolute Gasteiger partial charge is 0.497 e. The summed E-state index contributed by atoms with van der Waals surface area (Å²) in [7, 11) is 3.19. The van der Waals surface area contributed by atoms with Crippen molar-refractivity contribution in [3.05, 3.63) is 36.0 Å². The highest BCUT2D eigenvalue weighted by molar-refractivity contribution is 5.96. The summed E-state index contributed by atoms with van der Waals surface area (Å²) in [4.78, 5) is 25.8. The van der Waals surface area contributed by atoms with E-state index in [0.717, 1.165) is 38.3 Å². The van der Waals surface area contributed by atoms with Gasteiger partial charge in [-0.1, -0.05) is 6.92 Å². The number of carbonyl (C=O) groups is 1. The Balaban J connectivity index is 1.66. The molecular formula is C21H29N5O3. The zero-order chi connectivity index (χ0) is 20.8. The van der Waals surface area contributed by atoms with Crippen molar-refractivity contribution in [1.29, 1.82) is 0 Å². The van der Waals surface area contributed by atoms with Crippen molar-refractivity contribution in [2.24, 2.45) is 0 Å². The number of amides is 1. The third kappa shape index (κ3) is 4.88. The van der Waals surface area contributed by atoms with Crippen molar-refractivity contribution in [3.63, 3.8) is 0 Å². The molecule has 1 aliphatic heterocycles. The highest BCUT2D eigenvalue weighted by atomic mass is 16.5. The SMILES string of the molecule is CCC(C)NC(=O)c1cnc(N2CCN(c3ccc(OC)cc3)CC2)nc1OC. The van der Waals surface area contributed by atoms with Gasteiger partial charge in [0.1, 0.15) is 11.3 Å². The van der Waals surface area contributed by atoms with E-state index < -0.39 is 0 Å². The summed E-state index contributed by atoms with van der Waals surface area (Å²) in [5.74, 6) is 1.52. The van der Waals surface area contributed by atoms with Crippen LogP contribution in [-0.2, 0) is 0 Å². The van der Waals surface area contributed by atoms with Gasteiger partial charge < -0.3 is 24.6 Å². The number of ether oxygens (including phenoxy) is 2. The minimum atomic E-state index is -0.216. The molecule has 8 nitrogen and oxygen atoms in total. The van der Waals surface area contributed by atoms with Crippen LogP contribution in [0.5, 0.6) is 11.6 Å². The second-order valence-corrected chi connectivity index (χ2v) is 7.05. The molecule has 1 aromatic carbocycles. The van der Waals surface area contributed by atoms with Crippen LogP contribution in [0.3, 0.4) is 0 Å². The van der Waals surface area contributed by atoms with Crippen molar-refractivity contribution < 1.29 is 14.3 Å². The normalized spacial score (nSPS) is 15.0. The Morgan fingerprint density at radius 1 is 1.10 bits per heavy atom. The van der Waals surface area contributed by atoms with Crippen LogP contribution >= 0.6 is 0 Å². The summed E-state index contributed by atoms with van der Waals surface area (Å²) >= 11 is 0. The Hall–Kier alpha value is -3.03. The molecule has 0 spiro atoms. The number of methoxy groups -OCH3 is 2. The zero-order valence-corrected chi connectivity index (χ0v) is 17.5. The second kappa shape index (κ2) is 9.45. The van der Waals surface area contributed by atoms with Crippen LogP contribution in [0.15, 0.2) is 30.5 Å². The van der Waals surface area contributed by atoms with E-state index >= 15 is 0 Å². The molecule has 1 atom stereocenters. The minimum Gasteiger partial charge on any atom is -0.497 e. The Morgan fingerprint density at radius 3 is 2.34 bits per heavy atom. The maximum Gasteiger partial charge on any atom is 0.258 e. The Labute approximate surface area is 171 Å². The minimum absolute atomic E-state index is 0.0814. The van der Waals surface area contributed by atoms with Crippen LogP contribution in [-0.4, -0.2) is 62.3 Å². The third-order valence-electron chi connectivity index (χ3n) is 5.17. The molecule has 1 aliphatic rings. The first-order valence-electron chi connectivity index (χ1n) is 9.91. The first-order valence-corrected chi connectivity index (χ1v) is 9.91. The van der Waals surface area contributed by atoms with Gasteiger partial charge in [-0.25, -0.2) is 4.98 Å². The van der Waals surface area contributed by atoms with Crippen molar-refractivity contribution in [1.82, 2.24) is 15.3 Å². The number of hydrogen-bond acceptors (Lipinski definition) is 7. The molecule has 1 aromatic heterocycles. The number of hydrogen-bond donors (Lipinski definition) is 1. The molecule has 29 heavy (non-hydrogen) atoms. The molecule has 8 heteroatoms. The Bertz CT molecular complexity index is 820. The van der Waals surface area contributed by atoms with E-state index in [-0.39, 0.29) is 11.9 Å². The topological polar surface area (TPSA) is 79.8 Å². The van der Waals surface area contributed by atoms with Gasteiger partial charge in [0.15, 0.2) is 0 Å². The number of anilines is 2. The number of nitrogens with one attached hydrogen (secondary N) is 1. The first kappa shape index (κ1) is 20.7. The number of carbonyl (C=O) groups excluding carboxylic acids is 1. The number of nitrogens with zero attached hydrogens (tertiary/aromatic N) is 4. The quantitative estimate of drug-likeness (QED) is 0.765. The maximum absolute atomic E-state index is 12.4. The smallest absolute Gasteiger partial charge is 0.258 e. The lowest BCUT2D eigenvalue weighted by molar-refractivity contribution is 0.0935. The summed E-state index contributed by atoms with van der Waals surface area (Å²) < 4.78 is 10.6. The van der Waals surface area contributed by atoms with Crippen molar-refractivity contribution in [2.45, 2.75) is 26.3 Å². The molecule has 1 unspecified atom stereocenters. The molecule has 2 aromatic rings. The Morgan fingerprint density at radius 2 is 1.76 bits per heavy atom. The molecule has 1 amide bonds. The van der Waals surface area contributed by atoms with Gasteiger partial charge in [-0.2, -0.15) is 4.98 Å². The molecule has 0 aliphatic carbocycles.